The number of Topliss-reactive ketones (excluding diaryl/α,β-unsaturated/α-hetero) is 1. The number of ketones is 1. The summed E-state index contributed by atoms with van der Waals surface area (Å²) < 4.78 is 0. The third-order valence-electron chi connectivity index (χ3n) is 3.40. The predicted octanol–water partition coefficient (Wildman–Crippen LogP) is 3.59. The quantitative estimate of drug-likeness (QED) is 0.627. The summed E-state index contributed by atoms with van der Waals surface area (Å²) in [5.41, 5.74) is 0. The van der Waals surface area contributed by atoms with Crippen LogP contribution in [0.2, 0.25) is 0 Å². The second-order valence-corrected chi connectivity index (χ2v) is 4.75. The van der Waals surface area contributed by atoms with Crippen LogP contribution in [0.3, 0.4) is 0 Å². The van der Waals surface area contributed by atoms with Gasteiger partial charge < -0.3 is 0 Å². The standard InChI is InChI=1S/C13H22O/c1-4-5-6-12-9-11(10(2)3)7-8-13(12)14/h4-5,10-12H,6-9H2,1-3H3/b5-4+. The Morgan fingerprint density at radius 2 is 2.21 bits per heavy atom. The van der Waals surface area contributed by atoms with Crippen LogP contribution in [0.5, 0.6) is 0 Å². The SMILES string of the molecule is C/C=C/CC1CC(C(C)C)CCC1=O. The Morgan fingerprint density at radius 3 is 2.79 bits per heavy atom. The summed E-state index contributed by atoms with van der Waals surface area (Å²) in [5.74, 6) is 2.30. The zero-order chi connectivity index (χ0) is 10.6. The van der Waals surface area contributed by atoms with Gasteiger partial charge in [0.15, 0.2) is 0 Å². The van der Waals surface area contributed by atoms with Crippen LogP contribution in [0.25, 0.3) is 0 Å². The average Bonchev–Trinajstić information content (AvgIpc) is 2.16. The molecule has 0 aromatic heterocycles. The number of allylic oxidation sites excluding steroid dienone is 2. The Bertz CT molecular complexity index is 215. The largest absolute Gasteiger partial charge is 0.299 e. The van der Waals surface area contributed by atoms with E-state index in [9.17, 15) is 4.79 Å². The molecule has 1 heteroatoms. The molecule has 0 aromatic carbocycles. The highest BCUT2D eigenvalue weighted by Gasteiger charge is 2.28. The molecule has 0 saturated heterocycles. The maximum atomic E-state index is 11.6. The maximum Gasteiger partial charge on any atom is 0.136 e. The highest BCUT2D eigenvalue weighted by Crippen LogP contribution is 2.33. The lowest BCUT2D eigenvalue weighted by Gasteiger charge is -2.30. The third-order valence-corrected chi connectivity index (χ3v) is 3.40. The Hall–Kier alpha value is -0.590. The number of hydrogen-bond donors (Lipinski definition) is 0. The fourth-order valence-electron chi connectivity index (χ4n) is 2.28. The van der Waals surface area contributed by atoms with Crippen LogP contribution in [0.1, 0.15) is 46.5 Å². The van der Waals surface area contributed by atoms with Gasteiger partial charge in [-0.2, -0.15) is 0 Å². The molecule has 0 bridgehead atoms. The lowest BCUT2D eigenvalue weighted by atomic mass is 9.74. The monoisotopic (exact) mass is 194 g/mol. The zero-order valence-corrected chi connectivity index (χ0v) is 9.62. The van der Waals surface area contributed by atoms with Gasteiger partial charge in [0.1, 0.15) is 5.78 Å². The van der Waals surface area contributed by atoms with Gasteiger partial charge >= 0.3 is 0 Å². The molecule has 1 rings (SSSR count). The molecule has 1 saturated carbocycles. The molecule has 2 unspecified atom stereocenters. The molecule has 2 atom stereocenters. The minimum atomic E-state index is 0.312. The van der Waals surface area contributed by atoms with E-state index in [0.29, 0.717) is 11.7 Å². The molecule has 1 aliphatic rings. The molecular formula is C13H22O. The lowest BCUT2D eigenvalue weighted by Crippen LogP contribution is -2.27. The second-order valence-electron chi connectivity index (χ2n) is 4.75. The first-order chi connectivity index (χ1) is 6.65. The van der Waals surface area contributed by atoms with Crippen molar-refractivity contribution in [1.82, 2.24) is 0 Å². The number of rotatable bonds is 3. The molecule has 0 radical (unpaired) electrons. The number of hydrogen-bond acceptors (Lipinski definition) is 1. The van der Waals surface area contributed by atoms with Crippen molar-refractivity contribution in [2.45, 2.75) is 46.5 Å². The van der Waals surface area contributed by atoms with Crippen LogP contribution in [0.15, 0.2) is 12.2 Å². The molecule has 0 aliphatic heterocycles. The number of carbonyl (C=O) groups excluding carboxylic acids is 1. The van der Waals surface area contributed by atoms with E-state index < -0.39 is 0 Å². The summed E-state index contributed by atoms with van der Waals surface area (Å²) in [5, 5.41) is 0. The minimum Gasteiger partial charge on any atom is -0.299 e. The minimum absolute atomic E-state index is 0.312. The van der Waals surface area contributed by atoms with E-state index in [1.165, 1.54) is 0 Å². The first kappa shape index (κ1) is 11.5. The molecule has 14 heavy (non-hydrogen) atoms. The van der Waals surface area contributed by atoms with E-state index in [0.717, 1.165) is 37.5 Å². The van der Waals surface area contributed by atoms with E-state index >= 15 is 0 Å². The molecule has 1 aliphatic carbocycles. The predicted molar refractivity (Wildman–Crippen MR) is 60.1 cm³/mol. The van der Waals surface area contributed by atoms with Crippen molar-refractivity contribution in [3.8, 4) is 0 Å². The van der Waals surface area contributed by atoms with Gasteiger partial charge in [-0.15, -0.1) is 0 Å². The van der Waals surface area contributed by atoms with E-state index in [1.54, 1.807) is 0 Å². The van der Waals surface area contributed by atoms with Crippen molar-refractivity contribution in [3.63, 3.8) is 0 Å². The van der Waals surface area contributed by atoms with Crippen molar-refractivity contribution >= 4 is 5.78 Å². The van der Waals surface area contributed by atoms with E-state index in [2.05, 4.69) is 19.9 Å². The van der Waals surface area contributed by atoms with Crippen LogP contribution in [-0.4, -0.2) is 5.78 Å². The van der Waals surface area contributed by atoms with Gasteiger partial charge in [0, 0.05) is 12.3 Å². The molecule has 0 amide bonds. The Morgan fingerprint density at radius 1 is 1.50 bits per heavy atom. The molecule has 0 spiro atoms. The van der Waals surface area contributed by atoms with Gasteiger partial charge in [0.2, 0.25) is 0 Å². The Labute approximate surface area is 87.6 Å². The van der Waals surface area contributed by atoms with Crippen LogP contribution < -0.4 is 0 Å². The van der Waals surface area contributed by atoms with Crippen molar-refractivity contribution < 1.29 is 4.79 Å². The van der Waals surface area contributed by atoms with Gasteiger partial charge in [-0.1, -0.05) is 26.0 Å². The normalized spacial score (nSPS) is 29.0. The highest BCUT2D eigenvalue weighted by atomic mass is 16.1. The summed E-state index contributed by atoms with van der Waals surface area (Å²) in [4.78, 5) is 11.6. The molecule has 1 fully saturated rings. The molecule has 0 aromatic rings. The van der Waals surface area contributed by atoms with Crippen LogP contribution in [0.4, 0.5) is 0 Å². The highest BCUT2D eigenvalue weighted by molar-refractivity contribution is 5.81. The summed E-state index contributed by atoms with van der Waals surface area (Å²) in [6.45, 7) is 6.56. The second kappa shape index (κ2) is 5.33. The van der Waals surface area contributed by atoms with Crippen LogP contribution in [0, 0.1) is 17.8 Å². The van der Waals surface area contributed by atoms with Crippen LogP contribution >= 0.6 is 0 Å². The topological polar surface area (TPSA) is 17.1 Å². The Kier molecular flexibility index (Phi) is 4.37. The fourth-order valence-corrected chi connectivity index (χ4v) is 2.28. The van der Waals surface area contributed by atoms with Gasteiger partial charge in [0.05, 0.1) is 0 Å². The van der Waals surface area contributed by atoms with Crippen molar-refractivity contribution in [2.24, 2.45) is 17.8 Å². The summed E-state index contributed by atoms with van der Waals surface area (Å²) in [7, 11) is 0. The zero-order valence-electron chi connectivity index (χ0n) is 9.62. The first-order valence-corrected chi connectivity index (χ1v) is 5.79. The molecule has 0 heterocycles. The van der Waals surface area contributed by atoms with Gasteiger partial charge in [-0.05, 0) is 38.0 Å². The smallest absolute Gasteiger partial charge is 0.136 e. The van der Waals surface area contributed by atoms with Gasteiger partial charge in [0.25, 0.3) is 0 Å². The van der Waals surface area contributed by atoms with E-state index in [-0.39, 0.29) is 0 Å². The molecule has 0 N–H and O–H groups in total. The average molecular weight is 194 g/mol. The summed E-state index contributed by atoms with van der Waals surface area (Å²) >= 11 is 0. The molecule has 1 nitrogen and oxygen atoms in total. The van der Waals surface area contributed by atoms with E-state index in [1.807, 2.05) is 13.0 Å². The van der Waals surface area contributed by atoms with Crippen molar-refractivity contribution in [2.75, 3.05) is 0 Å². The van der Waals surface area contributed by atoms with E-state index in [4.69, 9.17) is 0 Å². The van der Waals surface area contributed by atoms with Crippen molar-refractivity contribution in [3.05, 3.63) is 12.2 Å². The Balaban J connectivity index is 2.50. The van der Waals surface area contributed by atoms with Gasteiger partial charge in [-0.3, -0.25) is 4.79 Å². The van der Waals surface area contributed by atoms with Gasteiger partial charge in [-0.25, -0.2) is 0 Å². The van der Waals surface area contributed by atoms with Crippen molar-refractivity contribution in [1.29, 1.82) is 0 Å². The maximum absolute atomic E-state index is 11.6. The number of carbonyl (C=O) groups is 1. The first-order valence-electron chi connectivity index (χ1n) is 5.79. The summed E-state index contributed by atoms with van der Waals surface area (Å²) in [6, 6.07) is 0. The fraction of sp³-hybridized carbons (Fsp3) is 0.769. The molecular weight excluding hydrogens is 172 g/mol. The molecule has 80 valence electrons. The lowest BCUT2D eigenvalue weighted by molar-refractivity contribution is -0.125. The van der Waals surface area contributed by atoms with Crippen LogP contribution in [-0.2, 0) is 4.79 Å². The third kappa shape index (κ3) is 2.97. The summed E-state index contributed by atoms with van der Waals surface area (Å²) in [6.07, 6.45) is 8.17.